The largest absolute Gasteiger partial charge is 0.360 e. The standard InChI is InChI=1S/C15H21N/c1-7-10-15(9-3)12(4)11-14(6)16-13(5)8-2/h7-11,16H,2-3,5H2,1,4,6H3/b10-7?,14-11+,15-12+. The number of allylic oxidation sites excluding steroid dienone is 8. The molecule has 16 heavy (non-hydrogen) atoms. The van der Waals surface area contributed by atoms with E-state index in [1.165, 1.54) is 0 Å². The van der Waals surface area contributed by atoms with Crippen molar-refractivity contribution < 1.29 is 0 Å². The Morgan fingerprint density at radius 3 is 2.19 bits per heavy atom. The van der Waals surface area contributed by atoms with Crippen LogP contribution < -0.4 is 5.32 Å². The van der Waals surface area contributed by atoms with E-state index < -0.39 is 0 Å². The van der Waals surface area contributed by atoms with Gasteiger partial charge in [0, 0.05) is 11.4 Å². The third-order valence-electron chi connectivity index (χ3n) is 2.06. The first-order valence-electron chi connectivity index (χ1n) is 5.27. The average Bonchev–Trinajstić information content (AvgIpc) is 2.25. The van der Waals surface area contributed by atoms with Crippen LogP contribution in [0.5, 0.6) is 0 Å². The van der Waals surface area contributed by atoms with Crippen LogP contribution in [0.15, 0.2) is 72.7 Å². The second kappa shape index (κ2) is 7.52. The van der Waals surface area contributed by atoms with Crippen LogP contribution in [-0.4, -0.2) is 0 Å². The molecule has 0 bridgehead atoms. The lowest BCUT2D eigenvalue weighted by Gasteiger charge is -2.07. The summed E-state index contributed by atoms with van der Waals surface area (Å²) in [6, 6.07) is 0. The van der Waals surface area contributed by atoms with Crippen molar-refractivity contribution in [3.63, 3.8) is 0 Å². The monoisotopic (exact) mass is 215 g/mol. The van der Waals surface area contributed by atoms with Crippen LogP contribution in [0.3, 0.4) is 0 Å². The van der Waals surface area contributed by atoms with Crippen molar-refractivity contribution in [2.24, 2.45) is 0 Å². The molecule has 0 aromatic heterocycles. The van der Waals surface area contributed by atoms with Gasteiger partial charge in [-0.2, -0.15) is 0 Å². The van der Waals surface area contributed by atoms with Gasteiger partial charge in [-0.25, -0.2) is 0 Å². The van der Waals surface area contributed by atoms with E-state index in [-0.39, 0.29) is 0 Å². The number of rotatable bonds is 6. The van der Waals surface area contributed by atoms with Crippen molar-refractivity contribution in [2.45, 2.75) is 20.8 Å². The number of hydrogen-bond acceptors (Lipinski definition) is 1. The summed E-state index contributed by atoms with van der Waals surface area (Å²) in [4.78, 5) is 0. The molecule has 0 atom stereocenters. The van der Waals surface area contributed by atoms with Crippen LogP contribution in [0.25, 0.3) is 0 Å². The molecule has 0 heterocycles. The van der Waals surface area contributed by atoms with Gasteiger partial charge >= 0.3 is 0 Å². The molecule has 0 spiro atoms. The first-order valence-corrected chi connectivity index (χ1v) is 5.27. The van der Waals surface area contributed by atoms with E-state index in [9.17, 15) is 0 Å². The Morgan fingerprint density at radius 1 is 1.12 bits per heavy atom. The summed E-state index contributed by atoms with van der Waals surface area (Å²) < 4.78 is 0. The van der Waals surface area contributed by atoms with E-state index in [1.54, 1.807) is 6.08 Å². The molecule has 0 aliphatic heterocycles. The van der Waals surface area contributed by atoms with Crippen LogP contribution in [0.4, 0.5) is 0 Å². The van der Waals surface area contributed by atoms with Gasteiger partial charge in [-0.15, -0.1) is 0 Å². The van der Waals surface area contributed by atoms with E-state index >= 15 is 0 Å². The molecule has 0 saturated carbocycles. The molecule has 0 aromatic rings. The normalized spacial score (nSPS) is 13.3. The Bertz CT molecular complexity index is 365. The molecule has 0 saturated heterocycles. The maximum Gasteiger partial charge on any atom is 0.0302 e. The minimum absolute atomic E-state index is 0.799. The Hall–Kier alpha value is -1.76. The van der Waals surface area contributed by atoms with Crippen LogP contribution in [0, 0.1) is 0 Å². The van der Waals surface area contributed by atoms with Gasteiger partial charge in [-0.3, -0.25) is 0 Å². The number of nitrogens with one attached hydrogen (secondary N) is 1. The summed E-state index contributed by atoms with van der Waals surface area (Å²) in [5.41, 5.74) is 4.11. The van der Waals surface area contributed by atoms with Crippen molar-refractivity contribution in [3.05, 3.63) is 72.7 Å². The molecular weight excluding hydrogens is 194 g/mol. The van der Waals surface area contributed by atoms with Gasteiger partial charge in [-0.05, 0) is 44.1 Å². The topological polar surface area (TPSA) is 12.0 Å². The molecule has 0 aliphatic rings. The van der Waals surface area contributed by atoms with Gasteiger partial charge in [0.1, 0.15) is 0 Å². The SMILES string of the molecule is C=CC(=C)N/C(C)=C/C(C)=C(\C=C)C=CC. The molecule has 1 N–H and O–H groups in total. The zero-order valence-corrected chi connectivity index (χ0v) is 10.5. The summed E-state index contributed by atoms with van der Waals surface area (Å²) in [6.07, 6.45) is 9.64. The van der Waals surface area contributed by atoms with Gasteiger partial charge in [0.25, 0.3) is 0 Å². The summed E-state index contributed by atoms with van der Waals surface area (Å²) in [6.45, 7) is 17.3. The zero-order valence-electron chi connectivity index (χ0n) is 10.5. The summed E-state index contributed by atoms with van der Waals surface area (Å²) in [5.74, 6) is 0. The highest BCUT2D eigenvalue weighted by Gasteiger charge is 1.94. The van der Waals surface area contributed by atoms with E-state index in [2.05, 4.69) is 38.1 Å². The number of hydrogen-bond donors (Lipinski definition) is 1. The smallest absolute Gasteiger partial charge is 0.0302 e. The maximum absolute atomic E-state index is 3.80. The molecular formula is C15H21N. The van der Waals surface area contributed by atoms with E-state index in [0.717, 1.165) is 22.5 Å². The summed E-state index contributed by atoms with van der Waals surface area (Å²) in [7, 11) is 0. The van der Waals surface area contributed by atoms with Crippen molar-refractivity contribution in [3.8, 4) is 0 Å². The molecule has 0 rings (SSSR count). The Balaban J connectivity index is 4.91. The second-order valence-electron chi connectivity index (χ2n) is 3.52. The third kappa shape index (κ3) is 5.20. The predicted octanol–water partition coefficient (Wildman–Crippen LogP) is 4.26. The lowest BCUT2D eigenvalue weighted by Crippen LogP contribution is -2.07. The highest BCUT2D eigenvalue weighted by molar-refractivity contribution is 5.40. The second-order valence-corrected chi connectivity index (χ2v) is 3.52. The minimum Gasteiger partial charge on any atom is -0.360 e. The average molecular weight is 215 g/mol. The molecule has 1 nitrogen and oxygen atoms in total. The quantitative estimate of drug-likeness (QED) is 0.653. The summed E-state index contributed by atoms with van der Waals surface area (Å²) in [5, 5.41) is 3.14. The molecule has 0 aliphatic carbocycles. The Morgan fingerprint density at radius 2 is 1.75 bits per heavy atom. The molecule has 86 valence electrons. The highest BCUT2D eigenvalue weighted by Crippen LogP contribution is 2.10. The van der Waals surface area contributed by atoms with Crippen molar-refractivity contribution in [1.29, 1.82) is 0 Å². The predicted molar refractivity (Wildman–Crippen MR) is 73.9 cm³/mol. The van der Waals surface area contributed by atoms with Crippen molar-refractivity contribution in [1.82, 2.24) is 5.32 Å². The van der Waals surface area contributed by atoms with Gasteiger partial charge in [0.15, 0.2) is 0 Å². The van der Waals surface area contributed by atoms with Gasteiger partial charge < -0.3 is 5.32 Å². The van der Waals surface area contributed by atoms with Crippen LogP contribution in [0.2, 0.25) is 0 Å². The third-order valence-corrected chi connectivity index (χ3v) is 2.06. The fraction of sp³-hybridized carbons (Fsp3) is 0.200. The van der Waals surface area contributed by atoms with E-state index in [1.807, 2.05) is 32.1 Å². The van der Waals surface area contributed by atoms with Gasteiger partial charge in [-0.1, -0.05) is 38.0 Å². The highest BCUT2D eigenvalue weighted by atomic mass is 14.9. The van der Waals surface area contributed by atoms with Crippen LogP contribution in [0.1, 0.15) is 20.8 Å². The van der Waals surface area contributed by atoms with Crippen molar-refractivity contribution in [2.75, 3.05) is 0 Å². The lowest BCUT2D eigenvalue weighted by atomic mass is 10.1. The minimum atomic E-state index is 0.799. The fourth-order valence-corrected chi connectivity index (χ4v) is 1.29. The fourth-order valence-electron chi connectivity index (χ4n) is 1.29. The molecule has 0 amide bonds. The zero-order chi connectivity index (χ0) is 12.6. The van der Waals surface area contributed by atoms with Gasteiger partial charge in [0.05, 0.1) is 0 Å². The molecule has 1 heteroatoms. The van der Waals surface area contributed by atoms with Crippen molar-refractivity contribution >= 4 is 0 Å². The lowest BCUT2D eigenvalue weighted by molar-refractivity contribution is 1.01. The first kappa shape index (κ1) is 14.2. The molecule has 0 fully saturated rings. The van der Waals surface area contributed by atoms with Gasteiger partial charge in [0.2, 0.25) is 0 Å². The summed E-state index contributed by atoms with van der Waals surface area (Å²) >= 11 is 0. The van der Waals surface area contributed by atoms with Crippen LogP contribution in [-0.2, 0) is 0 Å². The molecule has 0 radical (unpaired) electrons. The maximum atomic E-state index is 3.80. The molecule has 0 aromatic carbocycles. The molecule has 0 unspecified atom stereocenters. The first-order chi connectivity index (χ1) is 7.54. The van der Waals surface area contributed by atoms with E-state index in [0.29, 0.717) is 0 Å². The van der Waals surface area contributed by atoms with E-state index in [4.69, 9.17) is 0 Å². The Labute approximate surface area is 99.3 Å². The Kier molecular flexibility index (Phi) is 6.69. The van der Waals surface area contributed by atoms with Crippen LogP contribution >= 0.6 is 0 Å².